The Labute approximate surface area is 251 Å². The van der Waals surface area contributed by atoms with Gasteiger partial charge in [0.05, 0.1) is 24.9 Å². The Kier molecular flexibility index (Phi) is 9.56. The SMILES string of the molecule is Nc1nc2c(ncn2[C@@H]2O[C@H](CO)C(O)[C@@H]2OP(=O)(O)OC[C@H]2O[C@@H](n3ccc4c(N)ncnc43)[C@@H](O)C2O)c(=O)[nH]1.O=PO. The van der Waals surface area contributed by atoms with E-state index in [-0.39, 0.29) is 22.9 Å². The van der Waals surface area contributed by atoms with Crippen LogP contribution < -0.4 is 17.0 Å². The summed E-state index contributed by atoms with van der Waals surface area (Å²) in [6.07, 6.45) is -7.57. The molecule has 0 aromatic carbocycles. The van der Waals surface area contributed by atoms with E-state index in [0.29, 0.717) is 11.0 Å². The van der Waals surface area contributed by atoms with Gasteiger partial charge in [-0.15, -0.1) is 0 Å². The molecule has 0 radical (unpaired) electrons. The van der Waals surface area contributed by atoms with Crippen molar-refractivity contribution in [2.24, 2.45) is 0 Å². The molecule has 3 unspecified atom stereocenters. The van der Waals surface area contributed by atoms with E-state index >= 15 is 0 Å². The molecule has 0 aliphatic carbocycles. The van der Waals surface area contributed by atoms with E-state index in [4.69, 9.17) is 39.4 Å². The quantitative estimate of drug-likeness (QED) is 0.0857. The molecule has 6 rings (SSSR count). The molecule has 244 valence electrons. The number of H-pyrrole nitrogens is 1. The molecule has 0 saturated carbocycles. The minimum atomic E-state index is -5.04. The zero-order valence-electron chi connectivity index (χ0n) is 22.6. The maximum atomic E-state index is 13.0. The second kappa shape index (κ2) is 13.1. The summed E-state index contributed by atoms with van der Waals surface area (Å²) >= 11 is 0. The van der Waals surface area contributed by atoms with Gasteiger partial charge in [-0.1, -0.05) is 0 Å². The smallest absolute Gasteiger partial charge is 0.394 e. The molecule has 24 heteroatoms. The Hall–Kier alpha value is -3.50. The summed E-state index contributed by atoms with van der Waals surface area (Å²) in [5.41, 5.74) is 10.9. The summed E-state index contributed by atoms with van der Waals surface area (Å²) in [7, 11) is -5.88. The molecule has 2 aliphatic heterocycles. The minimum Gasteiger partial charge on any atom is -0.394 e. The highest BCUT2D eigenvalue weighted by atomic mass is 31.2. The second-order valence-corrected chi connectivity index (χ2v) is 11.3. The molecule has 45 heavy (non-hydrogen) atoms. The van der Waals surface area contributed by atoms with Gasteiger partial charge in [-0.05, 0) is 6.07 Å². The van der Waals surface area contributed by atoms with Crippen LogP contribution in [0.1, 0.15) is 12.5 Å². The largest absolute Gasteiger partial charge is 0.472 e. The summed E-state index contributed by atoms with van der Waals surface area (Å²) in [5, 5.41) is 42.0. The first kappa shape index (κ1) is 32.9. The number of phosphoric ester groups is 1. The van der Waals surface area contributed by atoms with Crippen molar-refractivity contribution in [3.8, 4) is 0 Å². The molecule has 4 aromatic heterocycles. The molecule has 2 fully saturated rings. The average molecular weight is 675 g/mol. The fraction of sp³-hybridized carbons (Fsp3) is 0.476. The Morgan fingerprint density at radius 1 is 1.04 bits per heavy atom. The Bertz CT molecular complexity index is 1790. The average Bonchev–Trinajstić information content (AvgIpc) is 3.74. The van der Waals surface area contributed by atoms with Gasteiger partial charge in [-0.3, -0.25) is 23.4 Å². The Morgan fingerprint density at radius 2 is 1.76 bits per heavy atom. The molecule has 9 atom stereocenters. The maximum absolute atomic E-state index is 13.0. The lowest BCUT2D eigenvalue weighted by Crippen LogP contribution is -2.36. The number of aromatic nitrogens is 7. The van der Waals surface area contributed by atoms with Crippen molar-refractivity contribution in [1.29, 1.82) is 0 Å². The molecule has 2 aliphatic rings. The first-order valence-electron chi connectivity index (χ1n) is 12.8. The molecule has 11 N–H and O–H groups in total. The summed E-state index contributed by atoms with van der Waals surface area (Å²) in [6.45, 7) is -1.42. The molecule has 0 amide bonds. The van der Waals surface area contributed by atoms with Crippen molar-refractivity contribution < 1.29 is 57.9 Å². The van der Waals surface area contributed by atoms with Crippen LogP contribution >= 0.6 is 16.5 Å². The van der Waals surface area contributed by atoms with Crippen LogP contribution in [0.4, 0.5) is 11.8 Å². The molecular weight excluding hydrogens is 648 g/mol. The highest BCUT2D eigenvalue weighted by Crippen LogP contribution is 2.50. The van der Waals surface area contributed by atoms with Crippen LogP contribution in [0.3, 0.4) is 0 Å². The third-order valence-corrected chi connectivity index (χ3v) is 8.01. The normalized spacial score (nSPS) is 29.6. The number of rotatable bonds is 8. The first-order chi connectivity index (χ1) is 21.4. The lowest BCUT2D eigenvalue weighted by Gasteiger charge is -2.24. The number of hydrogen-bond donors (Lipinski definition) is 9. The minimum absolute atomic E-state index is 0.0820. The van der Waals surface area contributed by atoms with Gasteiger partial charge in [0.2, 0.25) is 5.95 Å². The van der Waals surface area contributed by atoms with Crippen LogP contribution in [-0.2, 0) is 27.7 Å². The first-order valence-corrected chi connectivity index (χ1v) is 15.0. The highest BCUT2D eigenvalue weighted by Gasteiger charge is 2.50. The van der Waals surface area contributed by atoms with E-state index in [9.17, 15) is 34.7 Å². The van der Waals surface area contributed by atoms with E-state index in [1.807, 2.05) is 0 Å². The lowest BCUT2D eigenvalue weighted by atomic mass is 10.1. The van der Waals surface area contributed by atoms with E-state index in [2.05, 4.69) is 24.9 Å². The van der Waals surface area contributed by atoms with Gasteiger partial charge in [-0.2, -0.15) is 4.98 Å². The maximum Gasteiger partial charge on any atom is 0.472 e. The van der Waals surface area contributed by atoms with Crippen molar-refractivity contribution in [2.45, 2.75) is 49.1 Å². The van der Waals surface area contributed by atoms with Crippen LogP contribution in [-0.4, -0.2) is 114 Å². The van der Waals surface area contributed by atoms with Gasteiger partial charge in [0.15, 0.2) is 23.6 Å². The fourth-order valence-electron chi connectivity index (χ4n) is 4.98. The number of aliphatic hydroxyl groups is 4. The monoisotopic (exact) mass is 675 g/mol. The Morgan fingerprint density at radius 3 is 2.47 bits per heavy atom. The molecule has 0 spiro atoms. The van der Waals surface area contributed by atoms with Crippen molar-refractivity contribution in [3.63, 3.8) is 0 Å². The van der Waals surface area contributed by atoms with Crippen LogP contribution in [0.25, 0.3) is 22.2 Å². The van der Waals surface area contributed by atoms with E-state index in [0.717, 1.165) is 10.9 Å². The fourth-order valence-corrected chi connectivity index (χ4v) is 5.91. The zero-order chi connectivity index (χ0) is 32.6. The number of phosphoric acid groups is 1. The number of nitrogens with zero attached hydrogens (tertiary/aromatic N) is 6. The van der Waals surface area contributed by atoms with Crippen LogP contribution in [0.5, 0.6) is 0 Å². The summed E-state index contributed by atoms with van der Waals surface area (Å²) < 4.78 is 45.7. The van der Waals surface area contributed by atoms with Crippen molar-refractivity contribution in [3.05, 3.63) is 35.3 Å². The molecule has 4 aromatic rings. The number of anilines is 2. The number of aliphatic hydroxyl groups excluding tert-OH is 4. The van der Waals surface area contributed by atoms with Gasteiger partial charge >= 0.3 is 16.5 Å². The third-order valence-electron chi connectivity index (χ3n) is 7.03. The molecule has 22 nitrogen and oxygen atoms in total. The molecule has 2 saturated heterocycles. The number of nitrogens with two attached hydrogens (primary N) is 2. The third kappa shape index (κ3) is 6.31. The van der Waals surface area contributed by atoms with Crippen LogP contribution in [0.15, 0.2) is 29.7 Å². The van der Waals surface area contributed by atoms with Crippen molar-refractivity contribution >= 4 is 50.5 Å². The summed E-state index contributed by atoms with van der Waals surface area (Å²) in [4.78, 5) is 47.9. The van der Waals surface area contributed by atoms with Gasteiger partial charge in [-0.25, -0.2) is 24.1 Å². The zero-order valence-corrected chi connectivity index (χ0v) is 24.4. The van der Waals surface area contributed by atoms with Gasteiger partial charge in [0.25, 0.3) is 5.56 Å². The topological polar surface area (TPSA) is 339 Å². The lowest BCUT2D eigenvalue weighted by molar-refractivity contribution is -0.0614. The predicted octanol–water partition coefficient (Wildman–Crippen LogP) is -2.71. The number of imidazole rings is 1. The summed E-state index contributed by atoms with van der Waals surface area (Å²) in [6, 6.07) is 1.60. The number of nitrogens with one attached hydrogen (secondary N) is 1. The van der Waals surface area contributed by atoms with Crippen molar-refractivity contribution in [2.75, 3.05) is 24.7 Å². The predicted molar refractivity (Wildman–Crippen MR) is 148 cm³/mol. The Balaban J connectivity index is 0.00000128. The number of hydrogen-bond acceptors (Lipinski definition) is 17. The van der Waals surface area contributed by atoms with E-state index < -0.39 is 84.4 Å². The van der Waals surface area contributed by atoms with Gasteiger partial charge in [0, 0.05) is 6.20 Å². The van der Waals surface area contributed by atoms with E-state index in [1.165, 1.54) is 17.1 Å². The van der Waals surface area contributed by atoms with Gasteiger partial charge < -0.3 is 55.7 Å². The standard InChI is InChI=1S/C21H26N9O11P.HO2P/c22-15-7-1-2-29(16(7)25-5-24-15)19-13(34)11(32)9(40-19)4-38-42(36,37)41-14-12(33)8(3-31)39-20(14)30-6-26-10-17(30)27-21(23)28-18(10)35;1-3-2/h1-2,5-6,8-9,11-14,19-20,31-34H,3-4H2,(H,36,37)(H2,22,24,25)(H3,23,27,28,35);(H,1,2)/t8-,9-,11?,12?,13+,14+,19-,20-;/m1./s1. The van der Waals surface area contributed by atoms with Crippen molar-refractivity contribution in [1.82, 2.24) is 34.1 Å². The van der Waals surface area contributed by atoms with Crippen LogP contribution in [0, 0.1) is 0 Å². The van der Waals surface area contributed by atoms with Gasteiger partial charge in [0.1, 0.15) is 54.4 Å². The second-order valence-electron chi connectivity index (χ2n) is 9.69. The summed E-state index contributed by atoms with van der Waals surface area (Å²) in [5.74, 6) is -0.0563. The highest BCUT2D eigenvalue weighted by molar-refractivity contribution is 7.47. The molecular formula is C21H27N9O13P2. The number of fused-ring (bicyclic) bond motifs is 2. The number of nitrogen functional groups attached to an aromatic ring is 2. The van der Waals surface area contributed by atoms with Crippen LogP contribution in [0.2, 0.25) is 0 Å². The number of ether oxygens (including phenoxy) is 2. The van der Waals surface area contributed by atoms with E-state index in [1.54, 1.807) is 6.07 Å². The molecule has 0 bridgehead atoms. The molecule has 6 heterocycles. The number of aromatic amines is 1.